The first-order valence-corrected chi connectivity index (χ1v) is 14.4. The Bertz CT molecular complexity index is 1560. The second-order valence-electron chi connectivity index (χ2n) is 8.79. The van der Waals surface area contributed by atoms with Gasteiger partial charge in [-0.3, -0.25) is 5.01 Å². The predicted octanol–water partition coefficient (Wildman–Crippen LogP) is 5.89. The molecule has 1 aromatic heterocycles. The van der Waals surface area contributed by atoms with Gasteiger partial charge in [-0.2, -0.15) is 5.10 Å². The number of thiazole rings is 1. The molecule has 0 fully saturated rings. The summed E-state index contributed by atoms with van der Waals surface area (Å²) < 4.78 is 35.0. The van der Waals surface area contributed by atoms with Crippen LogP contribution >= 0.6 is 11.3 Å². The van der Waals surface area contributed by atoms with E-state index in [4.69, 9.17) is 19.6 Å². The van der Waals surface area contributed by atoms with Gasteiger partial charge in [-0.25, -0.2) is 13.4 Å². The fourth-order valence-corrected chi connectivity index (χ4v) is 6.12. The van der Waals surface area contributed by atoms with Gasteiger partial charge in [-0.1, -0.05) is 36.4 Å². The van der Waals surface area contributed by atoms with E-state index in [9.17, 15) is 8.42 Å². The standard InChI is InChI=1S/C28H27N3O4S2/c1-18-27(36-28(29-18)19-8-6-5-7-9-19)23-17-24(20-10-15-25(34-2)26(16-20)35-3)31(30-23)21-11-13-22(14-12-21)37(4,32)33/h5-16,24H,17H2,1-4H3/t24-/m0/s1. The van der Waals surface area contributed by atoms with Crippen LogP contribution in [0.1, 0.15) is 28.6 Å². The van der Waals surface area contributed by atoms with Gasteiger partial charge in [0.1, 0.15) is 5.01 Å². The molecular formula is C28H27N3O4S2. The van der Waals surface area contributed by atoms with E-state index >= 15 is 0 Å². The maximum Gasteiger partial charge on any atom is 0.175 e. The first-order chi connectivity index (χ1) is 17.8. The van der Waals surface area contributed by atoms with Crippen LogP contribution in [0.4, 0.5) is 5.69 Å². The van der Waals surface area contributed by atoms with E-state index in [0.717, 1.165) is 38.1 Å². The van der Waals surface area contributed by atoms with Crippen LogP contribution < -0.4 is 14.5 Å². The molecule has 0 spiro atoms. The van der Waals surface area contributed by atoms with Crippen LogP contribution in [0, 0.1) is 6.92 Å². The summed E-state index contributed by atoms with van der Waals surface area (Å²) in [5.41, 5.74) is 4.75. The molecule has 4 aromatic rings. The number of methoxy groups -OCH3 is 2. The number of nitrogens with zero attached hydrogens (tertiary/aromatic N) is 3. The summed E-state index contributed by atoms with van der Waals surface area (Å²) in [6.07, 6.45) is 1.86. The van der Waals surface area contributed by atoms with Crippen molar-refractivity contribution < 1.29 is 17.9 Å². The zero-order valence-electron chi connectivity index (χ0n) is 21.0. The van der Waals surface area contributed by atoms with Gasteiger partial charge in [0, 0.05) is 18.2 Å². The normalized spacial score (nSPS) is 15.5. The molecule has 5 rings (SSSR count). The van der Waals surface area contributed by atoms with E-state index in [-0.39, 0.29) is 10.9 Å². The first-order valence-electron chi connectivity index (χ1n) is 11.7. The zero-order chi connectivity index (χ0) is 26.2. The van der Waals surface area contributed by atoms with Crippen molar-refractivity contribution in [1.82, 2.24) is 4.98 Å². The Hall–Kier alpha value is -3.69. The number of rotatable bonds is 7. The van der Waals surface area contributed by atoms with Gasteiger partial charge in [0.05, 0.1) is 47.1 Å². The average Bonchev–Trinajstić information content (AvgIpc) is 3.52. The molecular weight excluding hydrogens is 506 g/mol. The number of hydrogen-bond donors (Lipinski definition) is 0. The molecule has 1 aliphatic rings. The maximum atomic E-state index is 12.0. The summed E-state index contributed by atoms with van der Waals surface area (Å²) in [4.78, 5) is 6.14. The molecule has 0 radical (unpaired) electrons. The number of ether oxygens (including phenoxy) is 2. The fourth-order valence-electron chi connectivity index (χ4n) is 4.42. The van der Waals surface area contributed by atoms with Gasteiger partial charge in [0.2, 0.25) is 0 Å². The van der Waals surface area contributed by atoms with E-state index in [1.165, 1.54) is 6.26 Å². The predicted molar refractivity (Wildman–Crippen MR) is 148 cm³/mol. The molecule has 0 unspecified atom stereocenters. The molecule has 0 bridgehead atoms. The molecule has 0 saturated carbocycles. The van der Waals surface area contributed by atoms with Gasteiger partial charge < -0.3 is 9.47 Å². The smallest absolute Gasteiger partial charge is 0.175 e. The van der Waals surface area contributed by atoms with Crippen LogP contribution in [0.3, 0.4) is 0 Å². The third-order valence-corrected chi connectivity index (χ3v) is 8.70. The average molecular weight is 534 g/mol. The van der Waals surface area contributed by atoms with Crippen molar-refractivity contribution in [3.05, 3.63) is 88.9 Å². The van der Waals surface area contributed by atoms with Crippen molar-refractivity contribution in [1.29, 1.82) is 0 Å². The number of hydrazone groups is 1. The van der Waals surface area contributed by atoms with Crippen molar-refractivity contribution in [2.75, 3.05) is 25.5 Å². The Labute approximate surface area is 220 Å². The highest BCUT2D eigenvalue weighted by Crippen LogP contribution is 2.41. The third-order valence-electron chi connectivity index (χ3n) is 6.31. The molecule has 0 N–H and O–H groups in total. The molecule has 190 valence electrons. The Morgan fingerprint density at radius 2 is 1.65 bits per heavy atom. The Morgan fingerprint density at radius 1 is 0.946 bits per heavy atom. The lowest BCUT2D eigenvalue weighted by atomic mass is 10.00. The number of anilines is 1. The van der Waals surface area contributed by atoms with Crippen LogP contribution in [-0.4, -0.2) is 39.6 Å². The second-order valence-corrected chi connectivity index (χ2v) is 11.8. The summed E-state index contributed by atoms with van der Waals surface area (Å²) >= 11 is 1.63. The summed E-state index contributed by atoms with van der Waals surface area (Å²) in [6, 6.07) is 22.7. The lowest BCUT2D eigenvalue weighted by molar-refractivity contribution is 0.354. The van der Waals surface area contributed by atoms with E-state index in [1.54, 1.807) is 49.8 Å². The van der Waals surface area contributed by atoms with Crippen LogP contribution in [-0.2, 0) is 9.84 Å². The van der Waals surface area contributed by atoms with Crippen molar-refractivity contribution in [3.8, 4) is 22.1 Å². The largest absolute Gasteiger partial charge is 0.493 e. The molecule has 37 heavy (non-hydrogen) atoms. The van der Waals surface area contributed by atoms with Crippen molar-refractivity contribution in [2.24, 2.45) is 5.10 Å². The highest BCUT2D eigenvalue weighted by atomic mass is 32.2. The molecule has 0 saturated heterocycles. The summed E-state index contributed by atoms with van der Waals surface area (Å²) in [6.45, 7) is 2.01. The lowest BCUT2D eigenvalue weighted by Gasteiger charge is -2.25. The Morgan fingerprint density at radius 3 is 2.30 bits per heavy atom. The number of aromatic nitrogens is 1. The summed E-state index contributed by atoms with van der Waals surface area (Å²) in [7, 11) is -0.0712. The van der Waals surface area contributed by atoms with E-state index < -0.39 is 9.84 Å². The van der Waals surface area contributed by atoms with Crippen LogP contribution in [0.15, 0.2) is 82.8 Å². The highest BCUT2D eigenvalue weighted by molar-refractivity contribution is 7.90. The number of sulfone groups is 1. The minimum Gasteiger partial charge on any atom is -0.493 e. The van der Waals surface area contributed by atoms with Crippen LogP contribution in [0.25, 0.3) is 10.6 Å². The van der Waals surface area contributed by atoms with Gasteiger partial charge >= 0.3 is 0 Å². The summed E-state index contributed by atoms with van der Waals surface area (Å²) in [5, 5.41) is 7.94. The maximum absolute atomic E-state index is 12.0. The van der Waals surface area contributed by atoms with E-state index in [0.29, 0.717) is 17.9 Å². The lowest BCUT2D eigenvalue weighted by Crippen LogP contribution is -2.18. The third kappa shape index (κ3) is 4.97. The molecule has 3 aromatic carbocycles. The minimum absolute atomic E-state index is 0.124. The Kier molecular flexibility index (Phi) is 6.74. The van der Waals surface area contributed by atoms with Gasteiger partial charge in [-0.05, 0) is 48.9 Å². The fraction of sp³-hybridized carbons (Fsp3) is 0.214. The number of benzene rings is 3. The van der Waals surface area contributed by atoms with Gasteiger partial charge in [-0.15, -0.1) is 11.3 Å². The SMILES string of the molecule is COc1ccc([C@@H]2CC(c3sc(-c4ccccc4)nc3C)=NN2c2ccc(S(C)(=O)=O)cc2)cc1OC. The molecule has 0 amide bonds. The molecule has 7 nitrogen and oxygen atoms in total. The quantitative estimate of drug-likeness (QED) is 0.294. The molecule has 9 heteroatoms. The number of aryl methyl sites for hydroxylation is 1. The van der Waals surface area contributed by atoms with Gasteiger partial charge in [0.15, 0.2) is 21.3 Å². The number of hydrogen-bond acceptors (Lipinski definition) is 8. The second kappa shape index (κ2) is 9.99. The van der Waals surface area contributed by atoms with Crippen molar-refractivity contribution in [2.45, 2.75) is 24.3 Å². The van der Waals surface area contributed by atoms with Crippen molar-refractivity contribution >= 4 is 32.6 Å². The first kappa shape index (κ1) is 25.0. The van der Waals surface area contributed by atoms with E-state index in [1.807, 2.05) is 48.3 Å². The van der Waals surface area contributed by atoms with E-state index in [2.05, 4.69) is 12.1 Å². The molecule has 0 aliphatic carbocycles. The van der Waals surface area contributed by atoms with Crippen LogP contribution in [0.5, 0.6) is 11.5 Å². The Balaban J connectivity index is 1.57. The summed E-state index contributed by atoms with van der Waals surface area (Å²) in [5.74, 6) is 1.29. The monoisotopic (exact) mass is 533 g/mol. The molecule has 2 heterocycles. The molecule has 1 aliphatic heterocycles. The molecule has 1 atom stereocenters. The topological polar surface area (TPSA) is 81.1 Å². The van der Waals surface area contributed by atoms with Crippen molar-refractivity contribution in [3.63, 3.8) is 0 Å². The minimum atomic E-state index is -3.30. The van der Waals surface area contributed by atoms with Gasteiger partial charge in [0.25, 0.3) is 0 Å². The highest BCUT2D eigenvalue weighted by Gasteiger charge is 2.32. The zero-order valence-corrected chi connectivity index (χ0v) is 22.6. The van der Waals surface area contributed by atoms with Crippen LogP contribution in [0.2, 0.25) is 0 Å².